The molecule has 4 N–H and O–H groups in total. The first-order valence-corrected chi connectivity index (χ1v) is 7.86. The van der Waals surface area contributed by atoms with Crippen LogP contribution in [0.3, 0.4) is 0 Å². The summed E-state index contributed by atoms with van der Waals surface area (Å²) < 4.78 is 29.1. The molecule has 1 aliphatic heterocycles. The van der Waals surface area contributed by atoms with Gasteiger partial charge in [0, 0.05) is 4.47 Å². The molecule has 118 valence electrons. The molecule has 5 nitrogen and oxygen atoms in total. The lowest BCUT2D eigenvalue weighted by molar-refractivity contribution is 0.302. The van der Waals surface area contributed by atoms with Crippen LogP contribution in [0, 0.1) is 11.6 Å². The molecule has 1 aromatic carbocycles. The number of rotatable bonds is 1. The molecule has 0 bridgehead atoms. The molecule has 22 heavy (non-hydrogen) atoms. The molecule has 0 amide bonds. The molecule has 1 aromatic rings. The van der Waals surface area contributed by atoms with E-state index >= 15 is 0 Å². The third kappa shape index (κ3) is 2.45. The maximum Gasteiger partial charge on any atom is 0.220 e. The zero-order valence-corrected chi connectivity index (χ0v) is 13.4. The van der Waals surface area contributed by atoms with Gasteiger partial charge in [0.15, 0.2) is 11.6 Å². The van der Waals surface area contributed by atoms with Crippen molar-refractivity contribution in [3.63, 3.8) is 0 Å². The van der Waals surface area contributed by atoms with Crippen LogP contribution >= 0.6 is 15.9 Å². The minimum Gasteiger partial charge on any atom is -0.369 e. The summed E-state index contributed by atoms with van der Waals surface area (Å²) >= 11 is 3.08. The average molecular weight is 372 g/mol. The van der Waals surface area contributed by atoms with E-state index < -0.39 is 17.3 Å². The van der Waals surface area contributed by atoms with Crippen LogP contribution in [0.2, 0.25) is 0 Å². The molecule has 0 atom stereocenters. The van der Waals surface area contributed by atoms with Crippen LogP contribution in [-0.2, 0) is 0 Å². The molecular weight excluding hydrogens is 356 g/mol. The van der Waals surface area contributed by atoms with Gasteiger partial charge < -0.3 is 11.5 Å². The second-order valence-corrected chi connectivity index (χ2v) is 6.45. The van der Waals surface area contributed by atoms with Gasteiger partial charge in [-0.2, -0.15) is 4.99 Å². The Labute approximate surface area is 135 Å². The van der Waals surface area contributed by atoms with Crippen molar-refractivity contribution in [3.8, 4) is 0 Å². The predicted molar refractivity (Wildman–Crippen MR) is 85.6 cm³/mol. The van der Waals surface area contributed by atoms with Gasteiger partial charge in [-0.15, -0.1) is 0 Å². The maximum atomic E-state index is 14.4. The van der Waals surface area contributed by atoms with Crippen molar-refractivity contribution in [1.29, 1.82) is 0 Å². The van der Waals surface area contributed by atoms with E-state index in [0.29, 0.717) is 17.3 Å². The van der Waals surface area contributed by atoms with Gasteiger partial charge in [0.25, 0.3) is 0 Å². The molecule has 0 saturated heterocycles. The molecule has 1 spiro atoms. The predicted octanol–water partition coefficient (Wildman–Crippen LogP) is 2.84. The maximum absolute atomic E-state index is 14.4. The van der Waals surface area contributed by atoms with E-state index in [1.807, 2.05) is 0 Å². The van der Waals surface area contributed by atoms with Crippen molar-refractivity contribution in [2.45, 2.75) is 37.8 Å². The SMILES string of the molecule is NC1=NC2(CCCCC2)N(c2c(F)cc(Br)cc2F)C(N)=N1. The highest BCUT2D eigenvalue weighted by Gasteiger charge is 2.44. The highest BCUT2D eigenvalue weighted by Crippen LogP contribution is 2.41. The van der Waals surface area contributed by atoms with Crippen LogP contribution in [0.15, 0.2) is 26.6 Å². The number of aliphatic imine (C=N–C) groups is 2. The van der Waals surface area contributed by atoms with Crippen molar-refractivity contribution in [1.82, 2.24) is 0 Å². The second-order valence-electron chi connectivity index (χ2n) is 5.54. The van der Waals surface area contributed by atoms with E-state index in [-0.39, 0.29) is 17.6 Å². The van der Waals surface area contributed by atoms with Gasteiger partial charge in [-0.3, -0.25) is 4.90 Å². The van der Waals surface area contributed by atoms with Gasteiger partial charge in [-0.1, -0.05) is 22.4 Å². The van der Waals surface area contributed by atoms with Crippen LogP contribution in [0.5, 0.6) is 0 Å². The van der Waals surface area contributed by atoms with Gasteiger partial charge in [-0.25, -0.2) is 13.8 Å². The zero-order chi connectivity index (χ0) is 15.9. The number of nitrogens with zero attached hydrogens (tertiary/aromatic N) is 3. The molecule has 1 fully saturated rings. The largest absolute Gasteiger partial charge is 0.369 e. The fraction of sp³-hybridized carbons (Fsp3) is 0.429. The Kier molecular flexibility index (Phi) is 3.80. The lowest BCUT2D eigenvalue weighted by Gasteiger charge is -2.45. The Hall–Kier alpha value is -1.70. The van der Waals surface area contributed by atoms with Crippen LogP contribution < -0.4 is 16.4 Å². The number of nitrogens with two attached hydrogens (primary N) is 2. The minimum atomic E-state index is -0.857. The van der Waals surface area contributed by atoms with Crippen molar-refractivity contribution in [2.24, 2.45) is 21.5 Å². The number of guanidine groups is 2. The number of hydrogen-bond donors (Lipinski definition) is 2. The van der Waals surface area contributed by atoms with Crippen molar-refractivity contribution in [3.05, 3.63) is 28.2 Å². The first-order valence-electron chi connectivity index (χ1n) is 7.07. The summed E-state index contributed by atoms with van der Waals surface area (Å²) in [5.74, 6) is -1.42. The summed E-state index contributed by atoms with van der Waals surface area (Å²) in [6, 6.07) is 2.40. The molecule has 1 saturated carbocycles. The van der Waals surface area contributed by atoms with Crippen molar-refractivity contribution >= 4 is 33.5 Å². The second kappa shape index (κ2) is 5.49. The van der Waals surface area contributed by atoms with Crippen LogP contribution in [0.4, 0.5) is 14.5 Å². The lowest BCUT2D eigenvalue weighted by Crippen LogP contribution is -2.58. The molecular formula is C14H16BrF2N5. The van der Waals surface area contributed by atoms with Gasteiger partial charge in [0.1, 0.15) is 11.4 Å². The fourth-order valence-corrected chi connectivity index (χ4v) is 3.60. The van der Waals surface area contributed by atoms with E-state index in [0.717, 1.165) is 19.3 Å². The van der Waals surface area contributed by atoms with Gasteiger partial charge in [-0.05, 0) is 37.8 Å². The summed E-state index contributed by atoms with van der Waals surface area (Å²) in [5, 5.41) is 0. The van der Waals surface area contributed by atoms with Gasteiger partial charge in [0.05, 0.1) is 0 Å². The van der Waals surface area contributed by atoms with Crippen molar-refractivity contribution in [2.75, 3.05) is 4.90 Å². The summed E-state index contributed by atoms with van der Waals surface area (Å²) in [7, 11) is 0. The number of benzene rings is 1. The summed E-state index contributed by atoms with van der Waals surface area (Å²) in [6.07, 6.45) is 4.08. The number of halogens is 3. The topological polar surface area (TPSA) is 80.0 Å². The highest BCUT2D eigenvalue weighted by atomic mass is 79.9. The first-order chi connectivity index (χ1) is 10.4. The molecule has 1 aliphatic carbocycles. The molecule has 3 rings (SSSR count). The Bertz CT molecular complexity index is 644. The molecule has 1 heterocycles. The summed E-state index contributed by atoms with van der Waals surface area (Å²) in [5.41, 5.74) is 10.6. The van der Waals surface area contributed by atoms with Crippen molar-refractivity contribution < 1.29 is 8.78 Å². The van der Waals surface area contributed by atoms with Crippen LogP contribution in [-0.4, -0.2) is 17.6 Å². The normalized spacial score (nSPS) is 20.8. The Morgan fingerprint density at radius 1 is 1.09 bits per heavy atom. The lowest BCUT2D eigenvalue weighted by atomic mass is 9.87. The first kappa shape index (κ1) is 15.2. The van der Waals surface area contributed by atoms with E-state index in [1.54, 1.807) is 0 Å². The van der Waals surface area contributed by atoms with Crippen LogP contribution in [0.25, 0.3) is 0 Å². The molecule has 2 aliphatic rings. The Morgan fingerprint density at radius 3 is 2.27 bits per heavy atom. The van der Waals surface area contributed by atoms with Gasteiger partial charge in [0.2, 0.25) is 11.9 Å². The zero-order valence-electron chi connectivity index (χ0n) is 11.8. The smallest absolute Gasteiger partial charge is 0.220 e. The number of anilines is 1. The summed E-state index contributed by atoms with van der Waals surface area (Å²) in [4.78, 5) is 9.65. The Balaban J connectivity index is 2.16. The monoisotopic (exact) mass is 371 g/mol. The third-order valence-electron chi connectivity index (χ3n) is 4.06. The molecule has 0 unspecified atom stereocenters. The fourth-order valence-electron chi connectivity index (χ4n) is 3.19. The van der Waals surface area contributed by atoms with E-state index in [1.165, 1.54) is 17.0 Å². The number of hydrogen-bond acceptors (Lipinski definition) is 5. The third-order valence-corrected chi connectivity index (χ3v) is 4.51. The van der Waals surface area contributed by atoms with E-state index in [2.05, 4.69) is 25.9 Å². The Morgan fingerprint density at radius 2 is 1.68 bits per heavy atom. The van der Waals surface area contributed by atoms with Crippen LogP contribution in [0.1, 0.15) is 32.1 Å². The minimum absolute atomic E-state index is 0.0328. The quantitative estimate of drug-likeness (QED) is 0.796. The molecule has 0 radical (unpaired) electrons. The highest BCUT2D eigenvalue weighted by molar-refractivity contribution is 9.10. The standard InChI is InChI=1S/C14H16BrF2N5/c15-8-6-9(16)11(10(17)7-8)22-13(19)20-12(18)21-14(22)4-2-1-3-5-14/h6-7H,1-5H2,(H4,18,19,20,21). The molecule has 8 heteroatoms. The van der Waals surface area contributed by atoms with E-state index in [4.69, 9.17) is 11.5 Å². The summed E-state index contributed by atoms with van der Waals surface area (Å²) in [6.45, 7) is 0. The average Bonchev–Trinajstić information content (AvgIpc) is 2.41. The van der Waals surface area contributed by atoms with E-state index in [9.17, 15) is 8.78 Å². The molecule has 0 aromatic heterocycles. The van der Waals surface area contributed by atoms with Gasteiger partial charge >= 0.3 is 0 Å².